The zero-order valence-corrected chi connectivity index (χ0v) is 11.9. The van der Waals surface area contributed by atoms with Gasteiger partial charge in [0.1, 0.15) is 5.75 Å². The summed E-state index contributed by atoms with van der Waals surface area (Å²) in [7, 11) is 0. The number of nitro benzene ring substituents is 1. The Hall–Kier alpha value is -2.56. The summed E-state index contributed by atoms with van der Waals surface area (Å²) in [5.74, 6) is 0.871. The largest absolute Gasteiger partial charge is 0.494 e. The van der Waals surface area contributed by atoms with Gasteiger partial charge in [0.25, 0.3) is 5.69 Å². The van der Waals surface area contributed by atoms with Crippen LogP contribution in [0.2, 0.25) is 0 Å². The molecule has 0 bridgehead atoms. The van der Waals surface area contributed by atoms with Gasteiger partial charge in [0.05, 0.1) is 11.5 Å². The molecular formula is C16H18N2O3. The summed E-state index contributed by atoms with van der Waals surface area (Å²) < 4.78 is 5.52. The van der Waals surface area contributed by atoms with Gasteiger partial charge in [-0.3, -0.25) is 10.1 Å². The Morgan fingerprint density at radius 2 is 1.76 bits per heavy atom. The molecule has 0 spiro atoms. The third kappa shape index (κ3) is 4.49. The van der Waals surface area contributed by atoms with Crippen molar-refractivity contribution in [2.45, 2.75) is 19.9 Å². The first-order valence-corrected chi connectivity index (χ1v) is 6.89. The van der Waals surface area contributed by atoms with Crippen LogP contribution in [0.4, 0.5) is 11.4 Å². The van der Waals surface area contributed by atoms with Crippen molar-refractivity contribution in [3.8, 4) is 5.75 Å². The smallest absolute Gasteiger partial charge is 0.269 e. The molecule has 0 heterocycles. The number of ether oxygens (including phenoxy) is 1. The van der Waals surface area contributed by atoms with E-state index in [9.17, 15) is 10.1 Å². The fraction of sp³-hybridized carbons (Fsp3) is 0.250. The van der Waals surface area contributed by atoms with Crippen LogP contribution in [-0.4, -0.2) is 11.5 Å². The molecule has 0 aliphatic heterocycles. The van der Waals surface area contributed by atoms with Crippen LogP contribution in [0, 0.1) is 10.1 Å². The summed E-state index contributed by atoms with van der Waals surface area (Å²) in [6, 6.07) is 14.3. The summed E-state index contributed by atoms with van der Waals surface area (Å²) in [5.41, 5.74) is 2.07. The molecule has 0 amide bonds. The van der Waals surface area contributed by atoms with Gasteiger partial charge < -0.3 is 10.1 Å². The second-order valence-corrected chi connectivity index (χ2v) is 4.65. The summed E-state index contributed by atoms with van der Waals surface area (Å²) in [5, 5.41) is 13.8. The van der Waals surface area contributed by atoms with Crippen molar-refractivity contribution in [2.75, 3.05) is 11.9 Å². The van der Waals surface area contributed by atoms with E-state index in [1.165, 1.54) is 12.1 Å². The lowest BCUT2D eigenvalue weighted by Crippen LogP contribution is -2.00. The number of rotatable bonds is 7. The molecule has 0 unspecified atom stereocenters. The predicted molar refractivity (Wildman–Crippen MR) is 82.7 cm³/mol. The molecule has 21 heavy (non-hydrogen) atoms. The van der Waals surface area contributed by atoms with Crippen LogP contribution in [0.25, 0.3) is 0 Å². The second kappa shape index (κ2) is 7.28. The van der Waals surface area contributed by atoms with Crippen LogP contribution in [0.5, 0.6) is 5.75 Å². The van der Waals surface area contributed by atoms with E-state index in [1.807, 2.05) is 24.3 Å². The number of benzene rings is 2. The average Bonchev–Trinajstić information content (AvgIpc) is 2.52. The Bertz CT molecular complexity index is 579. The summed E-state index contributed by atoms with van der Waals surface area (Å²) in [4.78, 5) is 10.2. The molecule has 5 heteroatoms. The highest BCUT2D eigenvalue weighted by molar-refractivity contribution is 5.48. The minimum Gasteiger partial charge on any atom is -0.494 e. The van der Waals surface area contributed by atoms with Crippen LogP contribution in [-0.2, 0) is 6.54 Å². The maximum absolute atomic E-state index is 10.6. The van der Waals surface area contributed by atoms with E-state index in [0.717, 1.165) is 30.0 Å². The van der Waals surface area contributed by atoms with E-state index in [1.54, 1.807) is 12.1 Å². The van der Waals surface area contributed by atoms with Gasteiger partial charge in [0, 0.05) is 24.4 Å². The van der Waals surface area contributed by atoms with Gasteiger partial charge in [-0.25, -0.2) is 0 Å². The first kappa shape index (κ1) is 14.8. The fourth-order valence-electron chi connectivity index (χ4n) is 1.83. The van der Waals surface area contributed by atoms with E-state index in [-0.39, 0.29) is 5.69 Å². The average molecular weight is 286 g/mol. The Kier molecular flexibility index (Phi) is 5.15. The van der Waals surface area contributed by atoms with E-state index in [0.29, 0.717) is 6.54 Å². The molecule has 0 atom stereocenters. The van der Waals surface area contributed by atoms with Gasteiger partial charge in [0.2, 0.25) is 0 Å². The van der Waals surface area contributed by atoms with E-state index < -0.39 is 4.92 Å². The van der Waals surface area contributed by atoms with Gasteiger partial charge in [-0.1, -0.05) is 19.1 Å². The predicted octanol–water partition coefficient (Wildman–Crippen LogP) is 4.00. The van der Waals surface area contributed by atoms with Crippen LogP contribution in [0.1, 0.15) is 18.9 Å². The van der Waals surface area contributed by atoms with E-state index in [2.05, 4.69) is 12.2 Å². The number of non-ortho nitro benzene ring substituents is 1. The number of hydrogen-bond donors (Lipinski definition) is 1. The summed E-state index contributed by atoms with van der Waals surface area (Å²) in [6.45, 7) is 3.45. The van der Waals surface area contributed by atoms with E-state index >= 15 is 0 Å². The third-order valence-corrected chi connectivity index (χ3v) is 2.97. The normalized spacial score (nSPS) is 10.1. The number of nitrogens with zero attached hydrogens (tertiary/aromatic N) is 1. The van der Waals surface area contributed by atoms with Gasteiger partial charge in [-0.15, -0.1) is 0 Å². The zero-order valence-electron chi connectivity index (χ0n) is 11.9. The Labute approximate surface area is 123 Å². The molecule has 110 valence electrons. The third-order valence-electron chi connectivity index (χ3n) is 2.97. The molecule has 1 N–H and O–H groups in total. The molecule has 0 radical (unpaired) electrons. The molecule has 0 saturated heterocycles. The Balaban J connectivity index is 1.88. The van der Waals surface area contributed by atoms with Crippen LogP contribution in [0.3, 0.4) is 0 Å². The quantitative estimate of drug-likeness (QED) is 0.617. The number of hydrogen-bond acceptors (Lipinski definition) is 4. The van der Waals surface area contributed by atoms with Crippen molar-refractivity contribution in [2.24, 2.45) is 0 Å². The standard InChI is InChI=1S/C16H18N2O3/c1-2-11-21-16-9-3-13(4-10-16)12-17-14-5-7-15(8-6-14)18(19)20/h3-10,17H,2,11-12H2,1H3. The molecular weight excluding hydrogens is 268 g/mol. The zero-order chi connectivity index (χ0) is 15.1. The van der Waals surface area contributed by atoms with Crippen molar-refractivity contribution in [3.05, 3.63) is 64.2 Å². The maximum Gasteiger partial charge on any atom is 0.269 e. The maximum atomic E-state index is 10.6. The molecule has 0 fully saturated rings. The monoisotopic (exact) mass is 286 g/mol. The topological polar surface area (TPSA) is 64.4 Å². The highest BCUT2D eigenvalue weighted by Crippen LogP contribution is 2.17. The van der Waals surface area contributed by atoms with Gasteiger partial charge in [-0.2, -0.15) is 0 Å². The van der Waals surface area contributed by atoms with Gasteiger partial charge >= 0.3 is 0 Å². The first-order chi connectivity index (χ1) is 10.2. The molecule has 0 saturated carbocycles. The van der Waals surface area contributed by atoms with E-state index in [4.69, 9.17) is 4.74 Å². The summed E-state index contributed by atoms with van der Waals surface area (Å²) in [6.07, 6.45) is 0.990. The van der Waals surface area contributed by atoms with Gasteiger partial charge in [-0.05, 0) is 36.2 Å². The number of anilines is 1. The summed E-state index contributed by atoms with van der Waals surface area (Å²) >= 11 is 0. The molecule has 0 aliphatic carbocycles. The lowest BCUT2D eigenvalue weighted by atomic mass is 10.2. The number of nitrogens with one attached hydrogen (secondary N) is 1. The molecule has 0 aromatic heterocycles. The van der Waals surface area contributed by atoms with Crippen molar-refractivity contribution >= 4 is 11.4 Å². The molecule has 2 rings (SSSR count). The first-order valence-electron chi connectivity index (χ1n) is 6.89. The molecule has 2 aromatic carbocycles. The molecule has 0 aliphatic rings. The van der Waals surface area contributed by atoms with Crippen molar-refractivity contribution < 1.29 is 9.66 Å². The van der Waals surface area contributed by atoms with Crippen molar-refractivity contribution in [1.82, 2.24) is 0 Å². The van der Waals surface area contributed by atoms with Crippen molar-refractivity contribution in [3.63, 3.8) is 0 Å². The minimum atomic E-state index is -0.404. The molecule has 2 aromatic rings. The highest BCUT2D eigenvalue weighted by Gasteiger charge is 2.03. The van der Waals surface area contributed by atoms with Crippen molar-refractivity contribution in [1.29, 1.82) is 0 Å². The van der Waals surface area contributed by atoms with Crippen LogP contribution < -0.4 is 10.1 Å². The lowest BCUT2D eigenvalue weighted by Gasteiger charge is -2.08. The van der Waals surface area contributed by atoms with Crippen LogP contribution in [0.15, 0.2) is 48.5 Å². The Morgan fingerprint density at radius 3 is 2.33 bits per heavy atom. The highest BCUT2D eigenvalue weighted by atomic mass is 16.6. The SMILES string of the molecule is CCCOc1ccc(CNc2ccc([N+](=O)[O-])cc2)cc1. The van der Waals surface area contributed by atoms with Gasteiger partial charge in [0.15, 0.2) is 0 Å². The lowest BCUT2D eigenvalue weighted by molar-refractivity contribution is -0.384. The number of nitro groups is 1. The van der Waals surface area contributed by atoms with Crippen LogP contribution >= 0.6 is 0 Å². The fourth-order valence-corrected chi connectivity index (χ4v) is 1.83. The minimum absolute atomic E-state index is 0.0953. The molecule has 5 nitrogen and oxygen atoms in total. The second-order valence-electron chi connectivity index (χ2n) is 4.65. The Morgan fingerprint density at radius 1 is 1.10 bits per heavy atom.